The van der Waals surface area contributed by atoms with Crippen LogP contribution in [0.2, 0.25) is 0 Å². The lowest BCUT2D eigenvalue weighted by molar-refractivity contribution is 0.107. The van der Waals surface area contributed by atoms with E-state index in [1.807, 2.05) is 13.0 Å². The fraction of sp³-hybridized carbons (Fsp3) is 0.500. The smallest absolute Gasteiger partial charge is 0.126 e. The molecule has 0 aromatic rings. The Labute approximate surface area is 91.0 Å². The highest BCUT2D eigenvalue weighted by atomic mass is 16.5. The minimum Gasteiger partial charge on any atom is -0.502 e. The zero-order valence-corrected chi connectivity index (χ0v) is 9.15. The average Bonchev–Trinajstić information content (AvgIpc) is 2.22. The average molecular weight is 210 g/mol. The summed E-state index contributed by atoms with van der Waals surface area (Å²) in [4.78, 5) is 0. The summed E-state index contributed by atoms with van der Waals surface area (Å²) in [5.74, 6) is 0. The van der Waals surface area contributed by atoms with E-state index in [1.54, 1.807) is 12.5 Å². The lowest BCUT2D eigenvalue weighted by Crippen LogP contribution is -2.21. The molecule has 0 radical (unpaired) electrons. The lowest BCUT2D eigenvalue weighted by atomic mass is 10.0. The molecule has 0 saturated heterocycles. The molecule has 0 aliphatic carbocycles. The van der Waals surface area contributed by atoms with Crippen LogP contribution in [0.15, 0.2) is 37.0 Å². The van der Waals surface area contributed by atoms with E-state index in [2.05, 4.69) is 6.58 Å². The Balaban J connectivity index is 2.12. The molecule has 0 spiro atoms. The first-order valence-electron chi connectivity index (χ1n) is 5.24. The Morgan fingerprint density at radius 3 is 3.00 bits per heavy atom. The van der Waals surface area contributed by atoms with Crippen LogP contribution in [0.1, 0.15) is 19.8 Å². The molecule has 0 fully saturated rings. The van der Waals surface area contributed by atoms with Crippen molar-refractivity contribution in [1.82, 2.24) is 0 Å². The molecule has 1 unspecified atom stereocenters. The normalized spacial score (nSPS) is 19.0. The van der Waals surface area contributed by atoms with Gasteiger partial charge in [0.2, 0.25) is 0 Å². The van der Waals surface area contributed by atoms with Gasteiger partial charge in [-0.3, -0.25) is 0 Å². The summed E-state index contributed by atoms with van der Waals surface area (Å²) in [6, 6.07) is 0. The number of hydrogen-bond donors (Lipinski definition) is 0. The van der Waals surface area contributed by atoms with Crippen LogP contribution >= 0.6 is 0 Å². The third kappa shape index (κ3) is 4.11. The minimum absolute atomic E-state index is 0.204. The topological polar surface area (TPSA) is 27.7 Å². The van der Waals surface area contributed by atoms with Crippen molar-refractivity contribution in [3.05, 3.63) is 37.0 Å². The quantitative estimate of drug-likeness (QED) is 0.455. The highest BCUT2D eigenvalue weighted by Crippen LogP contribution is 2.23. The first-order valence-corrected chi connectivity index (χ1v) is 5.24. The Kier molecular flexibility index (Phi) is 5.44. The molecule has 84 valence electrons. The summed E-state index contributed by atoms with van der Waals surface area (Å²) in [6.07, 6.45) is 9.03. The van der Waals surface area contributed by atoms with Gasteiger partial charge in [-0.2, -0.15) is 0 Å². The van der Waals surface area contributed by atoms with E-state index in [-0.39, 0.29) is 6.10 Å². The molecule has 0 aromatic carbocycles. The molecule has 0 N–H and O–H groups in total. The van der Waals surface area contributed by atoms with E-state index in [1.165, 1.54) is 11.8 Å². The van der Waals surface area contributed by atoms with E-state index < -0.39 is 0 Å². The highest BCUT2D eigenvalue weighted by molar-refractivity contribution is 5.25. The van der Waals surface area contributed by atoms with Gasteiger partial charge in [0, 0.05) is 5.57 Å². The number of hydrogen-bond acceptors (Lipinski definition) is 3. The second-order valence-corrected chi connectivity index (χ2v) is 3.18. The molecule has 1 heterocycles. The van der Waals surface area contributed by atoms with E-state index in [0.29, 0.717) is 13.2 Å². The Morgan fingerprint density at radius 1 is 1.53 bits per heavy atom. The van der Waals surface area contributed by atoms with Gasteiger partial charge in [-0.25, -0.2) is 0 Å². The van der Waals surface area contributed by atoms with Crippen LogP contribution in [-0.4, -0.2) is 19.3 Å². The van der Waals surface area contributed by atoms with Gasteiger partial charge in [0.1, 0.15) is 6.10 Å². The molecule has 0 saturated carbocycles. The van der Waals surface area contributed by atoms with Gasteiger partial charge >= 0.3 is 0 Å². The third-order valence-corrected chi connectivity index (χ3v) is 2.11. The SMILES string of the molecule is C=COCCCC1OC=C1/C=C/OCC. The highest BCUT2D eigenvalue weighted by Gasteiger charge is 2.20. The van der Waals surface area contributed by atoms with E-state index in [0.717, 1.165) is 12.8 Å². The summed E-state index contributed by atoms with van der Waals surface area (Å²) in [7, 11) is 0. The summed E-state index contributed by atoms with van der Waals surface area (Å²) < 4.78 is 15.5. The van der Waals surface area contributed by atoms with Crippen molar-refractivity contribution < 1.29 is 14.2 Å². The van der Waals surface area contributed by atoms with Gasteiger partial charge in [0.25, 0.3) is 0 Å². The fourth-order valence-corrected chi connectivity index (χ4v) is 1.28. The van der Waals surface area contributed by atoms with Crippen LogP contribution in [0.4, 0.5) is 0 Å². The first-order chi connectivity index (χ1) is 7.38. The van der Waals surface area contributed by atoms with Crippen LogP contribution in [0.25, 0.3) is 0 Å². The summed E-state index contributed by atoms with van der Waals surface area (Å²) >= 11 is 0. The summed E-state index contributed by atoms with van der Waals surface area (Å²) in [6.45, 7) is 6.84. The molecule has 1 atom stereocenters. The van der Waals surface area contributed by atoms with E-state index in [4.69, 9.17) is 14.2 Å². The van der Waals surface area contributed by atoms with Gasteiger partial charge in [0.05, 0.1) is 32.0 Å². The van der Waals surface area contributed by atoms with Crippen LogP contribution in [0.5, 0.6) is 0 Å². The molecular weight excluding hydrogens is 192 g/mol. The maximum absolute atomic E-state index is 5.30. The fourth-order valence-electron chi connectivity index (χ4n) is 1.28. The van der Waals surface area contributed by atoms with Crippen molar-refractivity contribution in [3.63, 3.8) is 0 Å². The van der Waals surface area contributed by atoms with Crippen molar-refractivity contribution in [2.24, 2.45) is 0 Å². The molecule has 3 heteroatoms. The van der Waals surface area contributed by atoms with Gasteiger partial charge in [-0.05, 0) is 25.8 Å². The van der Waals surface area contributed by atoms with Crippen molar-refractivity contribution in [3.8, 4) is 0 Å². The van der Waals surface area contributed by atoms with Crippen LogP contribution in [0, 0.1) is 0 Å². The Morgan fingerprint density at radius 2 is 2.40 bits per heavy atom. The number of ether oxygens (including phenoxy) is 3. The van der Waals surface area contributed by atoms with E-state index >= 15 is 0 Å². The van der Waals surface area contributed by atoms with Crippen molar-refractivity contribution in [1.29, 1.82) is 0 Å². The van der Waals surface area contributed by atoms with Gasteiger partial charge in [-0.1, -0.05) is 6.58 Å². The second kappa shape index (κ2) is 6.98. The standard InChI is InChI=1S/C12H18O3/c1-3-13-8-5-6-12-11(10-15-12)7-9-14-4-2/h3,7,9-10,12H,1,4-6,8H2,2H3/b9-7+. The van der Waals surface area contributed by atoms with E-state index in [9.17, 15) is 0 Å². The van der Waals surface area contributed by atoms with Crippen LogP contribution < -0.4 is 0 Å². The zero-order chi connectivity index (χ0) is 10.9. The maximum atomic E-state index is 5.30. The number of rotatable bonds is 8. The molecule has 1 aliphatic heterocycles. The molecule has 1 aliphatic rings. The largest absolute Gasteiger partial charge is 0.502 e. The predicted molar refractivity (Wildman–Crippen MR) is 59.1 cm³/mol. The van der Waals surface area contributed by atoms with Gasteiger partial charge in [-0.15, -0.1) is 0 Å². The molecular formula is C12H18O3. The van der Waals surface area contributed by atoms with Crippen molar-refractivity contribution >= 4 is 0 Å². The van der Waals surface area contributed by atoms with Crippen LogP contribution in [0.3, 0.4) is 0 Å². The molecule has 3 nitrogen and oxygen atoms in total. The predicted octanol–water partition coefficient (Wildman–Crippen LogP) is 2.76. The van der Waals surface area contributed by atoms with Crippen molar-refractivity contribution in [2.45, 2.75) is 25.9 Å². The molecule has 0 aromatic heterocycles. The molecule has 1 rings (SSSR count). The zero-order valence-electron chi connectivity index (χ0n) is 9.15. The maximum Gasteiger partial charge on any atom is 0.126 e. The first kappa shape index (κ1) is 11.7. The minimum atomic E-state index is 0.204. The Hall–Kier alpha value is -1.38. The lowest BCUT2D eigenvalue weighted by Gasteiger charge is -2.25. The van der Waals surface area contributed by atoms with Crippen LogP contribution in [-0.2, 0) is 14.2 Å². The molecule has 15 heavy (non-hydrogen) atoms. The Bertz CT molecular complexity index is 243. The molecule has 0 bridgehead atoms. The molecule has 0 amide bonds. The summed E-state index contributed by atoms with van der Waals surface area (Å²) in [5.41, 5.74) is 1.18. The van der Waals surface area contributed by atoms with Gasteiger partial charge < -0.3 is 14.2 Å². The summed E-state index contributed by atoms with van der Waals surface area (Å²) in [5, 5.41) is 0. The van der Waals surface area contributed by atoms with Gasteiger partial charge in [0.15, 0.2) is 0 Å². The monoisotopic (exact) mass is 210 g/mol. The second-order valence-electron chi connectivity index (χ2n) is 3.18. The van der Waals surface area contributed by atoms with Crippen molar-refractivity contribution in [2.75, 3.05) is 13.2 Å². The third-order valence-electron chi connectivity index (χ3n) is 2.11.